The number of nitro groups is 1. The monoisotopic (exact) mass is 331 g/mol. The number of hydrogen-bond donors (Lipinski definition) is 2. The zero-order chi connectivity index (χ0) is 17.2. The number of non-ortho nitro benzene ring substituents is 1. The number of nitrogens with one attached hydrogen (secondary N) is 2. The molecular weight excluding hydrogens is 310 g/mol. The third-order valence-electron chi connectivity index (χ3n) is 6.96. The van der Waals surface area contributed by atoms with Crippen LogP contribution in [-0.4, -0.2) is 23.0 Å². The van der Waals surface area contributed by atoms with Gasteiger partial charge in [-0.25, -0.2) is 0 Å². The minimum atomic E-state index is -0.765. The molecule has 1 aromatic rings. The quantitative estimate of drug-likeness (QED) is 0.653. The van der Waals surface area contributed by atoms with Crippen LogP contribution in [0.25, 0.3) is 0 Å². The number of hydrogen-bond acceptors (Lipinski definition) is 5. The number of nitrogens with zero attached hydrogens (tertiary/aromatic N) is 1. The van der Waals surface area contributed by atoms with Crippen LogP contribution in [0.1, 0.15) is 33.1 Å². The van der Waals surface area contributed by atoms with E-state index in [0.29, 0.717) is 18.2 Å². The third kappa shape index (κ3) is 1.68. The van der Waals surface area contributed by atoms with E-state index < -0.39 is 10.5 Å². The maximum atomic E-state index is 12.9. The van der Waals surface area contributed by atoms with Gasteiger partial charge in [-0.2, -0.15) is 0 Å². The largest absolute Gasteiger partial charge is 0.364 e. The molecule has 2 aliphatic carbocycles. The molecule has 7 nitrogen and oxygen atoms in total. The number of anilines is 1. The van der Waals surface area contributed by atoms with Crippen LogP contribution in [0.2, 0.25) is 0 Å². The summed E-state index contributed by atoms with van der Waals surface area (Å²) in [5.41, 5.74) is 5.40. The molecule has 0 radical (unpaired) electrons. The summed E-state index contributed by atoms with van der Waals surface area (Å²) in [6.07, 6.45) is 2.95. The van der Waals surface area contributed by atoms with Crippen molar-refractivity contribution in [3.8, 4) is 0 Å². The lowest BCUT2D eigenvalue weighted by Gasteiger charge is -2.39. The first-order valence-electron chi connectivity index (χ1n) is 8.27. The highest BCUT2D eigenvalue weighted by molar-refractivity contribution is 5.89. The van der Waals surface area contributed by atoms with Gasteiger partial charge in [0.1, 0.15) is 0 Å². The smallest absolute Gasteiger partial charge is 0.271 e. The lowest BCUT2D eigenvalue weighted by Crippen LogP contribution is -2.56. The average molecular weight is 331 g/mol. The molecular formula is C17H21N3O4. The van der Waals surface area contributed by atoms with Crippen LogP contribution < -0.4 is 10.9 Å². The first-order valence-corrected chi connectivity index (χ1v) is 8.27. The predicted octanol–water partition coefficient (Wildman–Crippen LogP) is 2.63. The molecule has 2 unspecified atom stereocenters. The second kappa shape index (κ2) is 4.69. The number of benzene rings is 1. The van der Waals surface area contributed by atoms with E-state index in [1.165, 1.54) is 18.6 Å². The Kier molecular flexibility index (Phi) is 3.01. The van der Waals surface area contributed by atoms with Crippen molar-refractivity contribution in [1.29, 1.82) is 0 Å². The third-order valence-corrected chi connectivity index (χ3v) is 6.96. The maximum Gasteiger partial charge on any atom is 0.271 e. The fourth-order valence-electron chi connectivity index (χ4n) is 5.15. The molecule has 24 heavy (non-hydrogen) atoms. The zero-order valence-electron chi connectivity index (χ0n) is 13.8. The fraction of sp³-hybridized carbons (Fsp3) is 0.588. The molecule has 2 saturated carbocycles. The van der Waals surface area contributed by atoms with E-state index in [1.54, 1.807) is 12.1 Å². The summed E-state index contributed by atoms with van der Waals surface area (Å²) in [5.74, 6) is 0.399. The first kappa shape index (κ1) is 15.4. The molecule has 1 amide bonds. The Morgan fingerprint density at radius 2 is 2.04 bits per heavy atom. The summed E-state index contributed by atoms with van der Waals surface area (Å²) in [6.45, 7) is 5.06. The summed E-state index contributed by atoms with van der Waals surface area (Å²) in [4.78, 5) is 23.1. The Balaban J connectivity index is 1.49. The number of nitro benzene ring substituents is 1. The Labute approximate surface area is 139 Å². The van der Waals surface area contributed by atoms with Crippen molar-refractivity contribution in [1.82, 2.24) is 5.43 Å². The highest BCUT2D eigenvalue weighted by Gasteiger charge is 2.78. The van der Waals surface area contributed by atoms with Gasteiger partial charge in [-0.05, 0) is 37.3 Å². The lowest BCUT2D eigenvalue weighted by molar-refractivity contribution is -0.384. The lowest BCUT2D eigenvalue weighted by atomic mass is 9.66. The second-order valence-electron chi connectivity index (χ2n) is 7.69. The molecule has 7 heteroatoms. The van der Waals surface area contributed by atoms with Crippen molar-refractivity contribution in [3.63, 3.8) is 0 Å². The Hall–Kier alpha value is -2.15. The van der Waals surface area contributed by atoms with Gasteiger partial charge in [0.05, 0.1) is 17.2 Å². The molecule has 4 bridgehead atoms. The number of ether oxygens (including phenoxy) is 1. The van der Waals surface area contributed by atoms with Gasteiger partial charge in [-0.3, -0.25) is 25.8 Å². The van der Waals surface area contributed by atoms with Crippen molar-refractivity contribution in [2.24, 2.45) is 16.7 Å². The predicted molar refractivity (Wildman–Crippen MR) is 87.1 cm³/mol. The van der Waals surface area contributed by atoms with Crippen LogP contribution >= 0.6 is 0 Å². The maximum absolute atomic E-state index is 12.9. The van der Waals surface area contributed by atoms with Gasteiger partial charge in [0.25, 0.3) is 11.6 Å². The standard InChI is InChI=1S/C17H21N3O4/c1-15-10-24-17(9-11(15)7-8-16(15,17)2)14(21)19-18-12-3-5-13(6-4-12)20(22)23/h3-6,11,18H,7-10H2,1-2H3,(H,19,21)/t11?,15-,16?,17+/m0/s1. The number of amides is 1. The molecule has 1 saturated heterocycles. The molecule has 0 aromatic heterocycles. The van der Waals surface area contributed by atoms with Crippen LogP contribution in [0.3, 0.4) is 0 Å². The van der Waals surface area contributed by atoms with Gasteiger partial charge in [-0.1, -0.05) is 13.8 Å². The average Bonchev–Trinajstić information content (AvgIpc) is 3.04. The van der Waals surface area contributed by atoms with Crippen LogP contribution in [0, 0.1) is 26.9 Å². The summed E-state index contributed by atoms with van der Waals surface area (Å²) >= 11 is 0. The first-order chi connectivity index (χ1) is 11.3. The normalized spacial score (nSPS) is 39.0. The molecule has 128 valence electrons. The highest BCUT2D eigenvalue weighted by atomic mass is 16.6. The summed E-state index contributed by atoms with van der Waals surface area (Å²) in [7, 11) is 0. The minimum Gasteiger partial charge on any atom is -0.364 e. The molecule has 4 atom stereocenters. The van der Waals surface area contributed by atoms with E-state index >= 15 is 0 Å². The van der Waals surface area contributed by atoms with Crippen molar-refractivity contribution in [2.45, 2.75) is 38.7 Å². The fourth-order valence-corrected chi connectivity index (χ4v) is 5.15. The molecule has 1 heterocycles. The van der Waals surface area contributed by atoms with Gasteiger partial charge >= 0.3 is 0 Å². The van der Waals surface area contributed by atoms with Crippen LogP contribution in [0.4, 0.5) is 11.4 Å². The SMILES string of the molecule is CC12CCC3C[C@]1(C(=O)NNc1ccc([N+](=O)[O-])cc1)OC[C@@]32C. The Bertz CT molecular complexity index is 721. The van der Waals surface area contributed by atoms with Crippen molar-refractivity contribution in [2.75, 3.05) is 12.0 Å². The molecule has 4 rings (SSSR count). The molecule has 1 aliphatic heterocycles. The summed E-state index contributed by atoms with van der Waals surface area (Å²) in [5, 5.41) is 10.7. The number of hydrazine groups is 1. The van der Waals surface area contributed by atoms with Gasteiger partial charge in [0, 0.05) is 23.0 Å². The number of carbonyl (C=O) groups is 1. The molecule has 3 fully saturated rings. The van der Waals surface area contributed by atoms with Crippen LogP contribution in [0.15, 0.2) is 24.3 Å². The Morgan fingerprint density at radius 1 is 1.33 bits per heavy atom. The number of carbonyl (C=O) groups excluding carboxylic acids is 1. The van der Waals surface area contributed by atoms with E-state index in [1.807, 2.05) is 0 Å². The van der Waals surface area contributed by atoms with Gasteiger partial charge in [0.15, 0.2) is 5.60 Å². The molecule has 0 spiro atoms. The van der Waals surface area contributed by atoms with E-state index in [-0.39, 0.29) is 22.4 Å². The van der Waals surface area contributed by atoms with Gasteiger partial charge < -0.3 is 4.74 Å². The summed E-state index contributed by atoms with van der Waals surface area (Å²) in [6, 6.07) is 5.93. The molecule has 3 aliphatic rings. The molecule has 2 N–H and O–H groups in total. The van der Waals surface area contributed by atoms with E-state index in [0.717, 1.165) is 12.8 Å². The van der Waals surface area contributed by atoms with E-state index in [4.69, 9.17) is 4.74 Å². The minimum absolute atomic E-state index is 0.0148. The van der Waals surface area contributed by atoms with Crippen molar-refractivity contribution >= 4 is 17.3 Å². The Morgan fingerprint density at radius 3 is 2.62 bits per heavy atom. The zero-order valence-corrected chi connectivity index (χ0v) is 13.8. The number of rotatable bonds is 4. The van der Waals surface area contributed by atoms with Gasteiger partial charge in [0.2, 0.25) is 0 Å². The van der Waals surface area contributed by atoms with Gasteiger partial charge in [-0.15, -0.1) is 0 Å². The van der Waals surface area contributed by atoms with Crippen LogP contribution in [-0.2, 0) is 9.53 Å². The molecule has 1 aromatic carbocycles. The summed E-state index contributed by atoms with van der Waals surface area (Å²) < 4.78 is 6.04. The topological polar surface area (TPSA) is 93.5 Å². The van der Waals surface area contributed by atoms with Crippen molar-refractivity contribution in [3.05, 3.63) is 34.4 Å². The highest BCUT2D eigenvalue weighted by Crippen LogP contribution is 2.74. The second-order valence-corrected chi connectivity index (χ2v) is 7.69. The van der Waals surface area contributed by atoms with Crippen LogP contribution in [0.5, 0.6) is 0 Å². The van der Waals surface area contributed by atoms with E-state index in [2.05, 4.69) is 24.7 Å². The van der Waals surface area contributed by atoms with E-state index in [9.17, 15) is 14.9 Å². The van der Waals surface area contributed by atoms with Crippen molar-refractivity contribution < 1.29 is 14.5 Å².